The Morgan fingerprint density at radius 2 is 0.553 bits per heavy atom. The average Bonchev–Trinajstić information content (AvgIpc) is 2.96. The number of para-hydroxylation sites is 4. The van der Waals surface area contributed by atoms with E-state index < -0.39 is 11.8 Å². The molecule has 186 valence electrons. The molecule has 0 aliphatic carbocycles. The summed E-state index contributed by atoms with van der Waals surface area (Å²) in [7, 11) is 0.581. The van der Waals surface area contributed by atoms with Crippen LogP contribution in [0.3, 0.4) is 0 Å². The highest BCUT2D eigenvalue weighted by Crippen LogP contribution is 2.17. The first-order valence-electron chi connectivity index (χ1n) is 12.3. The largest absolute Gasteiger partial charge is 0.459 e. The zero-order chi connectivity index (χ0) is 25.8. The van der Waals surface area contributed by atoms with E-state index in [0.717, 1.165) is 33.4 Å². The molecule has 0 aliphatic heterocycles. The van der Waals surface area contributed by atoms with E-state index in [1.165, 1.54) is 0 Å². The number of ether oxygens (including phenoxy) is 4. The van der Waals surface area contributed by atoms with E-state index in [-0.39, 0.29) is 0 Å². The van der Waals surface area contributed by atoms with Crippen LogP contribution in [0.1, 0.15) is 0 Å². The van der Waals surface area contributed by atoms with Crippen molar-refractivity contribution in [3.63, 3.8) is 0 Å². The van der Waals surface area contributed by atoms with Crippen molar-refractivity contribution in [3.8, 4) is 23.0 Å². The Bertz CT molecular complexity index is 1160. The normalized spacial score (nSPS) is 10.8. The highest BCUT2D eigenvalue weighted by molar-refractivity contribution is 6.56. The third-order valence-corrected chi connectivity index (χ3v) is 7.68. The maximum Gasteiger partial charge on any atom is 0.220 e. The Morgan fingerprint density at radius 3 is 0.789 bits per heavy atom. The van der Waals surface area contributed by atoms with Gasteiger partial charge in [-0.1, -0.05) is 107 Å². The van der Waals surface area contributed by atoms with Crippen molar-refractivity contribution in [2.45, 2.75) is 11.8 Å². The van der Waals surface area contributed by atoms with Crippen molar-refractivity contribution >= 4 is 29.4 Å². The van der Waals surface area contributed by atoms with Gasteiger partial charge < -0.3 is 18.9 Å². The summed E-state index contributed by atoms with van der Waals surface area (Å²) in [6.45, 7) is 0. The van der Waals surface area contributed by atoms with Gasteiger partial charge in [0.25, 0.3) is 0 Å². The van der Waals surface area contributed by atoms with Crippen LogP contribution in [-0.4, -0.2) is 30.9 Å². The molecule has 0 aromatic heterocycles. The molecule has 0 amide bonds. The van der Waals surface area contributed by atoms with Crippen molar-refractivity contribution in [1.82, 2.24) is 0 Å². The first-order chi connectivity index (χ1) is 18.8. The fraction of sp³-hybridized carbons (Fsp3) is 0.0625. The third-order valence-electron chi connectivity index (χ3n) is 5.40. The van der Waals surface area contributed by atoms with Crippen molar-refractivity contribution in [3.05, 3.63) is 146 Å². The highest BCUT2D eigenvalue weighted by Gasteiger charge is 2.18. The van der Waals surface area contributed by atoms with Gasteiger partial charge in [0, 0.05) is 0 Å². The minimum absolute atomic E-state index is 0.291. The molecular formula is C32H26O4Si2. The summed E-state index contributed by atoms with van der Waals surface area (Å²) in [4.78, 5) is 0. The summed E-state index contributed by atoms with van der Waals surface area (Å²) in [5.74, 6) is 2.22. The summed E-state index contributed by atoms with van der Waals surface area (Å²) in [6, 6.07) is 47.6. The van der Waals surface area contributed by atoms with Gasteiger partial charge in [0.2, 0.25) is 11.8 Å². The number of hydrogen-bond donors (Lipinski definition) is 0. The Balaban J connectivity index is 1.28. The van der Waals surface area contributed by atoms with Gasteiger partial charge in [-0.3, -0.25) is 0 Å². The molecule has 0 heterocycles. The minimum atomic E-state index is -0.441. The molecule has 0 atom stereocenters. The fourth-order valence-corrected chi connectivity index (χ4v) is 5.63. The monoisotopic (exact) mass is 530 g/mol. The van der Waals surface area contributed by atoms with Crippen LogP contribution in [-0.2, 0) is 0 Å². The second-order valence-corrected chi connectivity index (χ2v) is 10.9. The smallest absolute Gasteiger partial charge is 0.220 e. The van der Waals surface area contributed by atoms with Crippen LogP contribution in [0.5, 0.6) is 23.0 Å². The van der Waals surface area contributed by atoms with Crippen LogP contribution < -0.4 is 29.3 Å². The van der Waals surface area contributed by atoms with Crippen LogP contribution in [0, 0.1) is 0 Å². The Kier molecular flexibility index (Phi) is 8.90. The molecule has 5 aromatic rings. The minimum Gasteiger partial charge on any atom is -0.459 e. The summed E-state index contributed by atoms with van der Waals surface area (Å²) in [6.07, 6.45) is 0. The summed E-state index contributed by atoms with van der Waals surface area (Å²) < 4.78 is 24.8. The molecule has 6 heteroatoms. The molecule has 0 aliphatic rings. The predicted molar refractivity (Wildman–Crippen MR) is 153 cm³/mol. The molecule has 5 aromatic carbocycles. The van der Waals surface area contributed by atoms with Gasteiger partial charge in [0.1, 0.15) is 23.0 Å². The second kappa shape index (κ2) is 13.3. The molecule has 0 fully saturated rings. The van der Waals surface area contributed by atoms with Crippen molar-refractivity contribution in [2.24, 2.45) is 0 Å². The Labute approximate surface area is 228 Å². The van der Waals surface area contributed by atoms with E-state index in [1.807, 2.05) is 121 Å². The molecular weight excluding hydrogens is 505 g/mol. The van der Waals surface area contributed by atoms with Crippen LogP contribution >= 0.6 is 0 Å². The Morgan fingerprint density at radius 1 is 0.316 bits per heavy atom. The second-order valence-electron chi connectivity index (χ2n) is 8.25. The molecule has 5 rings (SSSR count). The van der Waals surface area contributed by atoms with E-state index in [2.05, 4.69) is 24.3 Å². The molecule has 0 bridgehead atoms. The van der Waals surface area contributed by atoms with Gasteiger partial charge in [-0.2, -0.15) is 0 Å². The van der Waals surface area contributed by atoms with Gasteiger partial charge in [0.15, 0.2) is 19.0 Å². The standard InChI is InChI=1S/C32H26O4Si2/c1-5-13-25(14-6-1)33-31(34-26-15-7-2-8-16-26)37-29-21-23-30(24-22-29)38-32(35-27-17-9-3-10-18-27)36-28-19-11-4-12-20-28/h1-24,31-32H. The Hall–Kier alpha value is -4.27. The van der Waals surface area contributed by atoms with Gasteiger partial charge >= 0.3 is 0 Å². The van der Waals surface area contributed by atoms with Gasteiger partial charge in [-0.25, -0.2) is 0 Å². The third kappa shape index (κ3) is 7.87. The molecule has 0 saturated carbocycles. The predicted octanol–water partition coefficient (Wildman–Crippen LogP) is 5.23. The van der Waals surface area contributed by atoms with E-state index in [0.29, 0.717) is 19.0 Å². The lowest BCUT2D eigenvalue weighted by Gasteiger charge is -2.21. The van der Waals surface area contributed by atoms with Crippen molar-refractivity contribution in [1.29, 1.82) is 0 Å². The highest BCUT2D eigenvalue weighted by atomic mass is 28.2. The van der Waals surface area contributed by atoms with Crippen LogP contribution in [0.25, 0.3) is 0 Å². The summed E-state index contributed by atoms with van der Waals surface area (Å²) in [5.41, 5.74) is 0. The lowest BCUT2D eigenvalue weighted by molar-refractivity contribution is 0.0743. The van der Waals surface area contributed by atoms with Crippen LogP contribution in [0.15, 0.2) is 146 Å². The average molecular weight is 531 g/mol. The van der Waals surface area contributed by atoms with E-state index in [1.54, 1.807) is 0 Å². The first-order valence-corrected chi connectivity index (χ1v) is 14.5. The van der Waals surface area contributed by atoms with E-state index in [4.69, 9.17) is 18.9 Å². The fourth-order valence-electron chi connectivity index (χ4n) is 3.59. The lowest BCUT2D eigenvalue weighted by Crippen LogP contribution is -2.40. The van der Waals surface area contributed by atoms with E-state index in [9.17, 15) is 0 Å². The summed E-state index contributed by atoms with van der Waals surface area (Å²) in [5, 5.41) is 2.28. The number of benzene rings is 5. The molecule has 4 radical (unpaired) electrons. The molecule has 4 nitrogen and oxygen atoms in total. The first kappa shape index (κ1) is 25.4. The maximum absolute atomic E-state index is 6.20. The van der Waals surface area contributed by atoms with Gasteiger partial charge in [0.05, 0.1) is 0 Å². The SMILES string of the molecule is c1ccc(OC(Oc2ccccc2)[Si]c2ccc([Si]C(Oc3ccccc3)Oc3ccccc3)cc2)cc1. The summed E-state index contributed by atoms with van der Waals surface area (Å²) >= 11 is 0. The zero-order valence-electron chi connectivity index (χ0n) is 20.6. The molecule has 0 saturated heterocycles. The molecule has 0 spiro atoms. The maximum atomic E-state index is 6.20. The number of hydrogen-bond acceptors (Lipinski definition) is 4. The zero-order valence-corrected chi connectivity index (χ0v) is 22.6. The molecule has 38 heavy (non-hydrogen) atoms. The van der Waals surface area contributed by atoms with Crippen LogP contribution in [0.2, 0.25) is 0 Å². The topological polar surface area (TPSA) is 36.9 Å². The number of rotatable bonds is 12. The molecule has 0 unspecified atom stereocenters. The van der Waals surface area contributed by atoms with Crippen molar-refractivity contribution < 1.29 is 18.9 Å². The molecule has 0 N–H and O–H groups in total. The van der Waals surface area contributed by atoms with Gasteiger partial charge in [-0.05, 0) is 48.5 Å². The van der Waals surface area contributed by atoms with Crippen molar-refractivity contribution in [2.75, 3.05) is 0 Å². The van der Waals surface area contributed by atoms with Crippen LogP contribution in [0.4, 0.5) is 0 Å². The van der Waals surface area contributed by atoms with E-state index >= 15 is 0 Å². The lowest BCUT2D eigenvalue weighted by atomic mass is 10.3. The quantitative estimate of drug-likeness (QED) is 0.164. The van der Waals surface area contributed by atoms with Gasteiger partial charge in [-0.15, -0.1) is 0 Å².